The van der Waals surface area contributed by atoms with Crippen molar-refractivity contribution in [2.24, 2.45) is 7.05 Å². The lowest BCUT2D eigenvalue weighted by Gasteiger charge is -2.05. The minimum atomic E-state index is -0.520. The van der Waals surface area contributed by atoms with Crippen molar-refractivity contribution in [2.45, 2.75) is 6.42 Å². The maximum atomic E-state index is 13.3. The number of hydrogen-bond donors (Lipinski definition) is 1. The number of carbonyl (C=O) groups excluding carboxylic acids is 1. The Bertz CT molecular complexity index is 553. The van der Waals surface area contributed by atoms with Crippen LogP contribution in [0, 0.1) is 5.82 Å². The quantitative estimate of drug-likeness (QED) is 0.875. The van der Waals surface area contributed by atoms with Crippen LogP contribution in [0.4, 0.5) is 4.39 Å². The smallest absolute Gasteiger partial charge is 0.254 e. The van der Waals surface area contributed by atoms with Crippen molar-refractivity contribution in [1.82, 2.24) is 20.1 Å². The maximum Gasteiger partial charge on any atom is 0.254 e. The molecule has 0 fully saturated rings. The molecule has 0 bridgehead atoms. The molecule has 18 heavy (non-hydrogen) atoms. The summed E-state index contributed by atoms with van der Waals surface area (Å²) < 4.78 is 15.1. The third-order valence-corrected chi connectivity index (χ3v) is 2.56. The minimum absolute atomic E-state index is 0.0514. The van der Waals surface area contributed by atoms with Gasteiger partial charge in [0.2, 0.25) is 0 Å². The van der Waals surface area contributed by atoms with Crippen molar-refractivity contribution in [3.05, 3.63) is 47.8 Å². The highest BCUT2D eigenvalue weighted by Crippen LogP contribution is 2.05. The molecule has 0 atom stereocenters. The molecule has 0 aliphatic carbocycles. The average molecular weight is 248 g/mol. The lowest BCUT2D eigenvalue weighted by molar-refractivity contribution is 0.0950. The van der Waals surface area contributed by atoms with Crippen molar-refractivity contribution in [3.63, 3.8) is 0 Å². The van der Waals surface area contributed by atoms with E-state index in [9.17, 15) is 9.18 Å². The molecular formula is C12H13FN4O. The van der Waals surface area contributed by atoms with Gasteiger partial charge in [0.15, 0.2) is 0 Å². The summed E-state index contributed by atoms with van der Waals surface area (Å²) in [6.45, 7) is 0.389. The lowest BCUT2D eigenvalue weighted by Crippen LogP contribution is -2.27. The molecule has 0 saturated carbocycles. The van der Waals surface area contributed by atoms with Crippen LogP contribution in [0.3, 0.4) is 0 Å². The van der Waals surface area contributed by atoms with Gasteiger partial charge in [-0.3, -0.25) is 4.79 Å². The molecule has 6 heteroatoms. The summed E-state index contributed by atoms with van der Waals surface area (Å²) in [6, 6.07) is 5.89. The predicted molar refractivity (Wildman–Crippen MR) is 63.4 cm³/mol. The number of carbonyl (C=O) groups is 1. The minimum Gasteiger partial charge on any atom is -0.351 e. The van der Waals surface area contributed by atoms with E-state index in [0.717, 1.165) is 5.82 Å². The van der Waals surface area contributed by atoms with Crippen LogP contribution in [0.15, 0.2) is 30.6 Å². The summed E-state index contributed by atoms with van der Waals surface area (Å²) >= 11 is 0. The second kappa shape index (κ2) is 5.39. The highest BCUT2D eigenvalue weighted by Gasteiger charge is 2.10. The van der Waals surface area contributed by atoms with Gasteiger partial charge >= 0.3 is 0 Å². The molecular weight excluding hydrogens is 235 g/mol. The van der Waals surface area contributed by atoms with E-state index < -0.39 is 11.7 Å². The van der Waals surface area contributed by atoms with Gasteiger partial charge in [-0.25, -0.2) is 4.39 Å². The van der Waals surface area contributed by atoms with Crippen LogP contribution in [0.5, 0.6) is 0 Å². The van der Waals surface area contributed by atoms with Crippen molar-refractivity contribution >= 4 is 5.91 Å². The van der Waals surface area contributed by atoms with Gasteiger partial charge < -0.3 is 9.88 Å². The van der Waals surface area contributed by atoms with E-state index in [1.54, 1.807) is 23.0 Å². The average Bonchev–Trinajstić information content (AvgIpc) is 2.75. The molecule has 1 aromatic heterocycles. The normalized spacial score (nSPS) is 10.3. The molecule has 0 aliphatic heterocycles. The number of aryl methyl sites for hydroxylation is 1. The highest BCUT2D eigenvalue weighted by molar-refractivity contribution is 5.94. The van der Waals surface area contributed by atoms with Gasteiger partial charge in [0.05, 0.1) is 5.56 Å². The van der Waals surface area contributed by atoms with Crippen LogP contribution in [-0.4, -0.2) is 27.2 Å². The SMILES string of the molecule is Cn1cnnc1CCNC(=O)c1ccccc1F. The highest BCUT2D eigenvalue weighted by atomic mass is 19.1. The summed E-state index contributed by atoms with van der Waals surface area (Å²) in [5.74, 6) is -0.173. The number of benzene rings is 1. The largest absolute Gasteiger partial charge is 0.351 e. The standard InChI is InChI=1S/C12H13FN4O/c1-17-8-15-16-11(17)6-7-14-12(18)9-4-2-3-5-10(9)13/h2-5,8H,6-7H2,1H3,(H,14,18). The molecule has 5 nitrogen and oxygen atoms in total. The first-order valence-corrected chi connectivity index (χ1v) is 5.54. The van der Waals surface area contributed by atoms with E-state index in [-0.39, 0.29) is 5.56 Å². The van der Waals surface area contributed by atoms with E-state index >= 15 is 0 Å². The van der Waals surface area contributed by atoms with Crippen LogP contribution in [0.25, 0.3) is 0 Å². The summed E-state index contributed by atoms with van der Waals surface area (Å²) in [5.41, 5.74) is 0.0514. The number of nitrogens with zero attached hydrogens (tertiary/aromatic N) is 3. The molecule has 1 heterocycles. The number of aromatic nitrogens is 3. The van der Waals surface area contributed by atoms with Crippen molar-refractivity contribution in [1.29, 1.82) is 0 Å². The molecule has 1 amide bonds. The number of halogens is 1. The maximum absolute atomic E-state index is 13.3. The van der Waals surface area contributed by atoms with Gasteiger partial charge in [-0.05, 0) is 12.1 Å². The summed E-state index contributed by atoms with van der Waals surface area (Å²) in [5, 5.41) is 10.3. The molecule has 94 valence electrons. The Morgan fingerprint density at radius 2 is 2.22 bits per heavy atom. The van der Waals surface area contributed by atoms with Crippen LogP contribution < -0.4 is 5.32 Å². The van der Waals surface area contributed by atoms with Gasteiger partial charge in [0.1, 0.15) is 18.0 Å². The molecule has 0 unspecified atom stereocenters. The fourth-order valence-corrected chi connectivity index (χ4v) is 1.56. The summed E-state index contributed by atoms with van der Waals surface area (Å²) in [4.78, 5) is 11.7. The van der Waals surface area contributed by atoms with Crippen molar-refractivity contribution in [3.8, 4) is 0 Å². The third kappa shape index (κ3) is 2.71. The monoisotopic (exact) mass is 248 g/mol. The zero-order valence-electron chi connectivity index (χ0n) is 9.93. The molecule has 1 N–H and O–H groups in total. The van der Waals surface area contributed by atoms with Gasteiger partial charge in [-0.2, -0.15) is 0 Å². The summed E-state index contributed by atoms with van der Waals surface area (Å²) in [6.07, 6.45) is 2.14. The first kappa shape index (κ1) is 12.2. The number of rotatable bonds is 4. The van der Waals surface area contributed by atoms with Crippen LogP contribution in [0.1, 0.15) is 16.2 Å². The molecule has 0 spiro atoms. The van der Waals surface area contributed by atoms with Crippen molar-refractivity contribution < 1.29 is 9.18 Å². The lowest BCUT2D eigenvalue weighted by atomic mass is 10.2. The molecule has 0 aliphatic rings. The Labute approximate surface area is 104 Å². The number of nitrogens with one attached hydrogen (secondary N) is 1. The first-order valence-electron chi connectivity index (χ1n) is 5.54. The van der Waals surface area contributed by atoms with E-state index in [1.165, 1.54) is 12.1 Å². The molecule has 0 saturated heterocycles. The zero-order valence-corrected chi connectivity index (χ0v) is 9.93. The second-order valence-corrected chi connectivity index (χ2v) is 3.84. The first-order chi connectivity index (χ1) is 8.68. The second-order valence-electron chi connectivity index (χ2n) is 3.84. The van der Waals surface area contributed by atoms with Crippen LogP contribution >= 0.6 is 0 Å². The zero-order chi connectivity index (χ0) is 13.0. The topological polar surface area (TPSA) is 59.8 Å². The Morgan fingerprint density at radius 3 is 2.89 bits per heavy atom. The van der Waals surface area contributed by atoms with Gasteiger partial charge in [0.25, 0.3) is 5.91 Å². The Balaban J connectivity index is 1.90. The van der Waals surface area contributed by atoms with Crippen molar-refractivity contribution in [2.75, 3.05) is 6.54 Å². The number of hydrogen-bond acceptors (Lipinski definition) is 3. The Hall–Kier alpha value is -2.24. The van der Waals surface area contributed by atoms with Gasteiger partial charge in [-0.1, -0.05) is 12.1 Å². The van der Waals surface area contributed by atoms with E-state index in [4.69, 9.17) is 0 Å². The molecule has 2 rings (SSSR count). The third-order valence-electron chi connectivity index (χ3n) is 2.56. The molecule has 1 aromatic carbocycles. The van der Waals surface area contributed by atoms with E-state index in [0.29, 0.717) is 13.0 Å². The molecule has 2 aromatic rings. The Kier molecular flexibility index (Phi) is 3.66. The fourth-order valence-electron chi connectivity index (χ4n) is 1.56. The van der Waals surface area contributed by atoms with E-state index in [1.807, 2.05) is 7.05 Å². The summed E-state index contributed by atoms with van der Waals surface area (Å²) in [7, 11) is 1.83. The number of amides is 1. The predicted octanol–water partition coefficient (Wildman–Crippen LogP) is 0.927. The van der Waals surface area contributed by atoms with Crippen LogP contribution in [0.2, 0.25) is 0 Å². The van der Waals surface area contributed by atoms with E-state index in [2.05, 4.69) is 15.5 Å². The molecule has 0 radical (unpaired) electrons. The van der Waals surface area contributed by atoms with Gasteiger partial charge in [0, 0.05) is 20.0 Å². The van der Waals surface area contributed by atoms with Crippen LogP contribution in [-0.2, 0) is 13.5 Å². The Morgan fingerprint density at radius 1 is 1.44 bits per heavy atom. The van der Waals surface area contributed by atoms with Gasteiger partial charge in [-0.15, -0.1) is 10.2 Å². The fraction of sp³-hybridized carbons (Fsp3) is 0.250.